The molecule has 1 N–H and O–H groups in total. The Morgan fingerprint density at radius 2 is 2.00 bits per heavy atom. The average Bonchev–Trinajstić information content (AvgIpc) is 1.86. The van der Waals surface area contributed by atoms with E-state index in [1.54, 1.807) is 0 Å². The maximum absolute atomic E-state index is 5.57. The second kappa shape index (κ2) is 4.29. The second-order valence-corrected chi connectivity index (χ2v) is 3.29. The number of rotatable bonds is 1. The predicted molar refractivity (Wildman–Crippen MR) is 46.9 cm³/mol. The van der Waals surface area contributed by atoms with Gasteiger partial charge in [0.2, 0.25) is 0 Å². The minimum Gasteiger partial charge on any atom is -0.363 e. The maximum Gasteiger partial charge on any atom is 0.110 e. The summed E-state index contributed by atoms with van der Waals surface area (Å²) in [5.41, 5.74) is 0. The van der Waals surface area contributed by atoms with E-state index in [9.17, 15) is 0 Å². The number of halogens is 1. The van der Waals surface area contributed by atoms with E-state index in [2.05, 4.69) is 5.32 Å². The molecular formula is C8H16ClNO. The van der Waals surface area contributed by atoms with E-state index in [4.69, 9.17) is 4.74 Å². The van der Waals surface area contributed by atoms with Crippen LogP contribution in [0.1, 0.15) is 25.7 Å². The summed E-state index contributed by atoms with van der Waals surface area (Å²) in [6.07, 6.45) is 5.74. The molecule has 2 aliphatic rings. The van der Waals surface area contributed by atoms with E-state index < -0.39 is 0 Å². The Hall–Kier alpha value is 0.210. The van der Waals surface area contributed by atoms with Crippen molar-refractivity contribution in [3.05, 3.63) is 0 Å². The first-order chi connectivity index (χ1) is 4.97. The van der Waals surface area contributed by atoms with Crippen LogP contribution in [0.2, 0.25) is 0 Å². The zero-order valence-electron chi connectivity index (χ0n) is 6.71. The van der Waals surface area contributed by atoms with Gasteiger partial charge in [0.1, 0.15) is 6.23 Å². The van der Waals surface area contributed by atoms with Gasteiger partial charge >= 0.3 is 0 Å². The van der Waals surface area contributed by atoms with E-state index in [1.807, 2.05) is 0 Å². The second-order valence-electron chi connectivity index (χ2n) is 3.29. The molecule has 2 nitrogen and oxygen atoms in total. The fourth-order valence-electron chi connectivity index (χ4n) is 1.63. The molecule has 66 valence electrons. The molecule has 0 aromatic heterocycles. The summed E-state index contributed by atoms with van der Waals surface area (Å²) in [4.78, 5) is 0. The molecule has 1 heterocycles. The van der Waals surface area contributed by atoms with Gasteiger partial charge in [0, 0.05) is 6.61 Å². The van der Waals surface area contributed by atoms with Crippen molar-refractivity contribution in [2.75, 3.05) is 13.2 Å². The van der Waals surface area contributed by atoms with E-state index >= 15 is 0 Å². The van der Waals surface area contributed by atoms with Crippen molar-refractivity contribution in [2.24, 2.45) is 5.92 Å². The third-order valence-electron chi connectivity index (χ3n) is 2.54. The number of nitrogens with one attached hydrogen (secondary N) is 1. The molecule has 0 aromatic carbocycles. The van der Waals surface area contributed by atoms with Crippen molar-refractivity contribution in [1.82, 2.24) is 5.32 Å². The lowest BCUT2D eigenvalue weighted by Crippen LogP contribution is -2.45. The molecule has 1 saturated carbocycles. The smallest absolute Gasteiger partial charge is 0.110 e. The van der Waals surface area contributed by atoms with Gasteiger partial charge in [-0.05, 0) is 31.7 Å². The summed E-state index contributed by atoms with van der Waals surface area (Å²) in [6, 6.07) is 0. The Labute approximate surface area is 74.1 Å². The minimum absolute atomic E-state index is 0. The molecule has 0 spiro atoms. The Morgan fingerprint density at radius 1 is 1.18 bits per heavy atom. The molecule has 0 aromatic rings. The Balaban J connectivity index is 0.000000605. The summed E-state index contributed by atoms with van der Waals surface area (Å²) >= 11 is 0. The standard InChI is InChI=1S/C8H15NO.ClH/c1-3-7(4-1)8-9-5-2-6-10-8;/h7-9H,1-6H2;1H. The molecule has 0 amide bonds. The van der Waals surface area contributed by atoms with Crippen LogP contribution in [0.5, 0.6) is 0 Å². The van der Waals surface area contributed by atoms with Gasteiger partial charge in [-0.25, -0.2) is 0 Å². The Bertz CT molecular complexity index is 111. The molecular weight excluding hydrogens is 162 g/mol. The molecule has 1 aliphatic heterocycles. The van der Waals surface area contributed by atoms with Gasteiger partial charge in [-0.15, -0.1) is 12.4 Å². The van der Waals surface area contributed by atoms with Crippen molar-refractivity contribution in [3.63, 3.8) is 0 Å². The molecule has 1 atom stereocenters. The molecule has 11 heavy (non-hydrogen) atoms. The highest BCUT2D eigenvalue weighted by Gasteiger charge is 2.28. The molecule has 2 fully saturated rings. The highest BCUT2D eigenvalue weighted by molar-refractivity contribution is 5.85. The fourth-order valence-corrected chi connectivity index (χ4v) is 1.63. The lowest BCUT2D eigenvalue weighted by atomic mass is 9.83. The summed E-state index contributed by atoms with van der Waals surface area (Å²) in [5.74, 6) is 0.834. The molecule has 0 radical (unpaired) electrons. The molecule has 3 heteroatoms. The number of hydrogen-bond acceptors (Lipinski definition) is 2. The zero-order valence-corrected chi connectivity index (χ0v) is 7.53. The summed E-state index contributed by atoms with van der Waals surface area (Å²) in [6.45, 7) is 2.12. The van der Waals surface area contributed by atoms with E-state index in [1.165, 1.54) is 25.7 Å². The van der Waals surface area contributed by atoms with Crippen molar-refractivity contribution in [3.8, 4) is 0 Å². The van der Waals surface area contributed by atoms with Crippen LogP contribution < -0.4 is 5.32 Å². The number of hydrogen-bond donors (Lipinski definition) is 1. The lowest BCUT2D eigenvalue weighted by Gasteiger charge is -2.36. The first-order valence-electron chi connectivity index (χ1n) is 4.32. The molecule has 2 rings (SSSR count). The van der Waals surface area contributed by atoms with Crippen molar-refractivity contribution in [1.29, 1.82) is 0 Å². The van der Waals surface area contributed by atoms with Gasteiger partial charge < -0.3 is 4.74 Å². The molecule has 1 aliphatic carbocycles. The van der Waals surface area contributed by atoms with Crippen LogP contribution in [0.15, 0.2) is 0 Å². The Morgan fingerprint density at radius 3 is 2.45 bits per heavy atom. The SMILES string of the molecule is C1CNC(C2CCC2)OC1.Cl. The average molecular weight is 178 g/mol. The van der Waals surface area contributed by atoms with E-state index in [-0.39, 0.29) is 12.4 Å². The van der Waals surface area contributed by atoms with Gasteiger partial charge in [0.15, 0.2) is 0 Å². The lowest BCUT2D eigenvalue weighted by molar-refractivity contribution is -0.0568. The van der Waals surface area contributed by atoms with Gasteiger partial charge in [0.25, 0.3) is 0 Å². The molecule has 0 bridgehead atoms. The van der Waals surface area contributed by atoms with Crippen LogP contribution in [-0.4, -0.2) is 19.4 Å². The molecule has 1 unspecified atom stereocenters. The summed E-state index contributed by atoms with van der Waals surface area (Å²) in [7, 11) is 0. The first-order valence-corrected chi connectivity index (χ1v) is 4.32. The molecule has 1 saturated heterocycles. The zero-order chi connectivity index (χ0) is 6.81. The van der Waals surface area contributed by atoms with Gasteiger partial charge in [-0.1, -0.05) is 6.42 Å². The topological polar surface area (TPSA) is 21.3 Å². The first kappa shape index (κ1) is 9.30. The van der Waals surface area contributed by atoms with Gasteiger partial charge in [-0.2, -0.15) is 0 Å². The van der Waals surface area contributed by atoms with Crippen LogP contribution in [0, 0.1) is 5.92 Å². The Kier molecular flexibility index (Phi) is 3.63. The quantitative estimate of drug-likeness (QED) is 0.656. The van der Waals surface area contributed by atoms with Gasteiger partial charge in [0.05, 0.1) is 0 Å². The fraction of sp³-hybridized carbons (Fsp3) is 1.00. The highest BCUT2D eigenvalue weighted by atomic mass is 35.5. The third-order valence-corrected chi connectivity index (χ3v) is 2.54. The minimum atomic E-state index is 0. The van der Waals surface area contributed by atoms with Crippen LogP contribution >= 0.6 is 12.4 Å². The van der Waals surface area contributed by atoms with E-state index in [0.717, 1.165) is 19.1 Å². The van der Waals surface area contributed by atoms with Crippen LogP contribution in [0.4, 0.5) is 0 Å². The third kappa shape index (κ3) is 2.08. The largest absolute Gasteiger partial charge is 0.363 e. The normalized spacial score (nSPS) is 32.2. The van der Waals surface area contributed by atoms with Gasteiger partial charge in [-0.3, -0.25) is 5.32 Å². The highest BCUT2D eigenvalue weighted by Crippen LogP contribution is 2.30. The van der Waals surface area contributed by atoms with Crippen LogP contribution in [-0.2, 0) is 4.74 Å². The van der Waals surface area contributed by atoms with Crippen LogP contribution in [0.25, 0.3) is 0 Å². The van der Waals surface area contributed by atoms with Crippen molar-refractivity contribution >= 4 is 12.4 Å². The summed E-state index contributed by atoms with van der Waals surface area (Å²) < 4.78 is 5.57. The maximum atomic E-state index is 5.57. The monoisotopic (exact) mass is 177 g/mol. The predicted octanol–water partition coefficient (Wildman–Crippen LogP) is 1.54. The van der Waals surface area contributed by atoms with Crippen molar-refractivity contribution in [2.45, 2.75) is 31.9 Å². The number of ether oxygens (including phenoxy) is 1. The van der Waals surface area contributed by atoms with Crippen LogP contribution in [0.3, 0.4) is 0 Å². The summed E-state index contributed by atoms with van der Waals surface area (Å²) in [5, 5.41) is 3.40. The van der Waals surface area contributed by atoms with Crippen molar-refractivity contribution < 1.29 is 4.74 Å². The van der Waals surface area contributed by atoms with E-state index in [0.29, 0.717) is 6.23 Å².